The molecule has 0 aliphatic rings. The van der Waals surface area contributed by atoms with Crippen LogP contribution in [0.5, 0.6) is 5.75 Å². The first-order valence-corrected chi connectivity index (χ1v) is 7.53. The van der Waals surface area contributed by atoms with Gasteiger partial charge in [-0.25, -0.2) is 9.82 Å². The Labute approximate surface area is 135 Å². The van der Waals surface area contributed by atoms with E-state index in [1.807, 2.05) is 44.2 Å². The molecule has 0 heterocycles. The van der Waals surface area contributed by atoms with Gasteiger partial charge in [0.1, 0.15) is 18.2 Å². The van der Waals surface area contributed by atoms with E-state index in [9.17, 15) is 9.18 Å². The molecule has 2 aromatic rings. The molecule has 122 valence electrons. The number of carbonyl (C=O) groups excluding carboxylic acids is 1. The third kappa shape index (κ3) is 5.71. The van der Waals surface area contributed by atoms with Crippen LogP contribution in [0.25, 0.3) is 0 Å². The molecule has 2 N–H and O–H groups in total. The molecule has 2 rings (SSSR count). The Morgan fingerprint density at radius 1 is 1.13 bits per heavy atom. The lowest BCUT2D eigenvalue weighted by Crippen LogP contribution is -2.39. The van der Waals surface area contributed by atoms with Gasteiger partial charge in [0.15, 0.2) is 0 Å². The molecule has 1 amide bonds. The van der Waals surface area contributed by atoms with Crippen molar-refractivity contribution in [2.45, 2.75) is 27.0 Å². The number of hydrazine groups is 1. The van der Waals surface area contributed by atoms with Gasteiger partial charge in [-0.3, -0.25) is 10.2 Å². The smallest absolute Gasteiger partial charge is 0.236 e. The third-order valence-corrected chi connectivity index (χ3v) is 3.25. The largest absolute Gasteiger partial charge is 0.489 e. The number of nitrogens with one attached hydrogen (secondary N) is 2. The summed E-state index contributed by atoms with van der Waals surface area (Å²) < 4.78 is 18.7. The van der Waals surface area contributed by atoms with Gasteiger partial charge in [-0.2, -0.15) is 0 Å². The minimum absolute atomic E-state index is 0.0416. The van der Waals surface area contributed by atoms with Crippen LogP contribution >= 0.6 is 0 Å². The maximum Gasteiger partial charge on any atom is 0.236 e. The number of hydrogen-bond donors (Lipinski definition) is 2. The molecular formula is C18H21FN2O2. The number of benzene rings is 2. The van der Waals surface area contributed by atoms with Gasteiger partial charge >= 0.3 is 0 Å². The first kappa shape index (κ1) is 17.0. The molecule has 0 spiro atoms. The van der Waals surface area contributed by atoms with Gasteiger partial charge in [0, 0.05) is 12.5 Å². The van der Waals surface area contributed by atoms with E-state index < -0.39 is 0 Å². The molecule has 0 aromatic heterocycles. The van der Waals surface area contributed by atoms with Gasteiger partial charge in [-0.1, -0.05) is 38.1 Å². The van der Waals surface area contributed by atoms with Crippen LogP contribution in [0, 0.1) is 11.7 Å². The molecule has 4 nitrogen and oxygen atoms in total. The highest BCUT2D eigenvalue weighted by Crippen LogP contribution is 2.14. The third-order valence-electron chi connectivity index (χ3n) is 3.25. The topological polar surface area (TPSA) is 50.4 Å². The Balaban J connectivity index is 1.79. The zero-order valence-corrected chi connectivity index (χ0v) is 13.3. The fourth-order valence-electron chi connectivity index (χ4n) is 1.87. The highest BCUT2D eigenvalue weighted by Gasteiger charge is 2.05. The molecule has 0 saturated carbocycles. The predicted octanol–water partition coefficient (Wildman–Crippen LogP) is 3.18. The Bertz CT molecular complexity index is 642. The molecule has 0 bridgehead atoms. The van der Waals surface area contributed by atoms with Gasteiger partial charge in [-0.05, 0) is 35.4 Å². The minimum Gasteiger partial charge on any atom is -0.489 e. The second-order valence-electron chi connectivity index (χ2n) is 5.56. The average Bonchev–Trinajstić information content (AvgIpc) is 2.54. The fourth-order valence-corrected chi connectivity index (χ4v) is 1.87. The summed E-state index contributed by atoms with van der Waals surface area (Å²) in [4.78, 5) is 11.4. The van der Waals surface area contributed by atoms with Crippen molar-refractivity contribution in [1.29, 1.82) is 0 Å². The number of rotatable bonds is 7. The van der Waals surface area contributed by atoms with E-state index in [0.29, 0.717) is 18.9 Å². The monoisotopic (exact) mass is 316 g/mol. The molecular weight excluding hydrogens is 295 g/mol. The zero-order chi connectivity index (χ0) is 16.7. The van der Waals surface area contributed by atoms with Crippen LogP contribution in [0.3, 0.4) is 0 Å². The predicted molar refractivity (Wildman–Crippen MR) is 87.0 cm³/mol. The highest BCUT2D eigenvalue weighted by atomic mass is 19.1. The van der Waals surface area contributed by atoms with E-state index in [4.69, 9.17) is 4.74 Å². The Morgan fingerprint density at radius 2 is 1.87 bits per heavy atom. The van der Waals surface area contributed by atoms with Crippen LogP contribution in [-0.4, -0.2) is 5.91 Å². The molecule has 23 heavy (non-hydrogen) atoms. The number of halogens is 1. The molecule has 5 heteroatoms. The molecule has 0 atom stereocenters. The van der Waals surface area contributed by atoms with Crippen molar-refractivity contribution in [1.82, 2.24) is 10.9 Å². The number of ether oxygens (including phenoxy) is 1. The quantitative estimate of drug-likeness (QED) is 0.771. The van der Waals surface area contributed by atoms with Gasteiger partial charge in [0.05, 0.1) is 0 Å². The van der Waals surface area contributed by atoms with E-state index in [1.54, 1.807) is 6.07 Å². The van der Waals surface area contributed by atoms with E-state index in [0.717, 1.165) is 11.1 Å². The van der Waals surface area contributed by atoms with Crippen molar-refractivity contribution in [3.63, 3.8) is 0 Å². The summed E-state index contributed by atoms with van der Waals surface area (Å²) in [5.41, 5.74) is 7.33. The van der Waals surface area contributed by atoms with E-state index in [1.165, 1.54) is 12.1 Å². The van der Waals surface area contributed by atoms with Gasteiger partial charge in [0.2, 0.25) is 5.91 Å². The first-order valence-electron chi connectivity index (χ1n) is 7.53. The Morgan fingerprint density at radius 3 is 2.52 bits per heavy atom. The molecule has 0 saturated heterocycles. The van der Waals surface area contributed by atoms with E-state index >= 15 is 0 Å². The summed E-state index contributed by atoms with van der Waals surface area (Å²) in [6.07, 6.45) is 0. The van der Waals surface area contributed by atoms with Gasteiger partial charge in [0.25, 0.3) is 0 Å². The summed E-state index contributed by atoms with van der Waals surface area (Å²) >= 11 is 0. The zero-order valence-electron chi connectivity index (χ0n) is 13.3. The van der Waals surface area contributed by atoms with Crippen LogP contribution < -0.4 is 15.6 Å². The summed E-state index contributed by atoms with van der Waals surface area (Å²) in [7, 11) is 0. The summed E-state index contributed by atoms with van der Waals surface area (Å²) in [5.74, 6) is 0.348. The second kappa shape index (κ2) is 8.29. The molecule has 0 aliphatic carbocycles. The van der Waals surface area contributed by atoms with Crippen molar-refractivity contribution in [3.05, 3.63) is 65.5 Å². The Hall–Kier alpha value is -2.40. The van der Waals surface area contributed by atoms with Crippen LogP contribution in [0.2, 0.25) is 0 Å². The normalized spacial score (nSPS) is 10.6. The van der Waals surface area contributed by atoms with E-state index in [-0.39, 0.29) is 17.6 Å². The maximum atomic E-state index is 13.1. The number of carbonyl (C=O) groups is 1. The van der Waals surface area contributed by atoms with Crippen LogP contribution in [0.1, 0.15) is 25.0 Å². The molecule has 0 fully saturated rings. The van der Waals surface area contributed by atoms with Crippen molar-refractivity contribution >= 4 is 5.91 Å². The van der Waals surface area contributed by atoms with Crippen LogP contribution in [-0.2, 0) is 17.9 Å². The standard InChI is InChI=1S/C18H21FN2O2/c1-13(2)18(22)21-20-11-14-6-8-17(9-7-14)23-12-15-4-3-5-16(19)10-15/h3-10,13,20H,11-12H2,1-2H3,(H,21,22). The minimum atomic E-state index is -0.268. The SMILES string of the molecule is CC(C)C(=O)NNCc1ccc(OCc2cccc(F)c2)cc1. The first-order chi connectivity index (χ1) is 11.0. The molecule has 0 radical (unpaired) electrons. The molecule has 0 unspecified atom stereocenters. The van der Waals surface area contributed by atoms with Crippen molar-refractivity contribution in [2.24, 2.45) is 5.92 Å². The van der Waals surface area contributed by atoms with Gasteiger partial charge in [-0.15, -0.1) is 0 Å². The van der Waals surface area contributed by atoms with E-state index in [2.05, 4.69) is 10.9 Å². The lowest BCUT2D eigenvalue weighted by Gasteiger charge is -2.10. The maximum absolute atomic E-state index is 13.1. The summed E-state index contributed by atoms with van der Waals surface area (Å²) in [6.45, 7) is 4.52. The molecule has 2 aromatic carbocycles. The number of amides is 1. The van der Waals surface area contributed by atoms with Crippen molar-refractivity contribution < 1.29 is 13.9 Å². The van der Waals surface area contributed by atoms with Gasteiger partial charge < -0.3 is 4.74 Å². The molecule has 0 aliphatic heterocycles. The van der Waals surface area contributed by atoms with Crippen molar-refractivity contribution in [2.75, 3.05) is 0 Å². The average molecular weight is 316 g/mol. The Kier molecular flexibility index (Phi) is 6.11. The number of hydrogen-bond acceptors (Lipinski definition) is 3. The lowest BCUT2D eigenvalue weighted by atomic mass is 10.2. The van der Waals surface area contributed by atoms with Crippen molar-refractivity contribution in [3.8, 4) is 5.75 Å². The highest BCUT2D eigenvalue weighted by molar-refractivity contribution is 5.77. The van der Waals surface area contributed by atoms with Crippen LogP contribution in [0.4, 0.5) is 4.39 Å². The second-order valence-corrected chi connectivity index (χ2v) is 5.56. The summed E-state index contributed by atoms with van der Waals surface area (Å²) in [5, 5.41) is 0. The van der Waals surface area contributed by atoms with Crippen LogP contribution in [0.15, 0.2) is 48.5 Å². The lowest BCUT2D eigenvalue weighted by molar-refractivity contribution is -0.125. The summed E-state index contributed by atoms with van der Waals surface area (Å²) in [6, 6.07) is 13.9. The fraction of sp³-hybridized carbons (Fsp3) is 0.278.